The molecular formula is C74H42N2O2. The van der Waals surface area contributed by atoms with Gasteiger partial charge in [-0.1, -0.05) is 194 Å². The van der Waals surface area contributed by atoms with Crippen molar-refractivity contribution in [3.8, 4) is 27.9 Å². The van der Waals surface area contributed by atoms with Gasteiger partial charge in [0.25, 0.3) is 0 Å². The number of hydrogen-bond donors (Lipinski definition) is 0. The van der Waals surface area contributed by atoms with Crippen LogP contribution >= 0.6 is 0 Å². The molecule has 0 bridgehead atoms. The van der Waals surface area contributed by atoms with Crippen molar-refractivity contribution in [1.82, 2.24) is 8.97 Å². The van der Waals surface area contributed by atoms with E-state index in [4.69, 9.17) is 0 Å². The predicted molar refractivity (Wildman–Crippen MR) is 311 cm³/mol. The van der Waals surface area contributed by atoms with Gasteiger partial charge in [0.1, 0.15) is 0 Å². The van der Waals surface area contributed by atoms with Crippen LogP contribution < -0.4 is 0 Å². The Kier molecular flexibility index (Phi) is 7.02. The van der Waals surface area contributed by atoms with Gasteiger partial charge in [-0.2, -0.15) is 0 Å². The van der Waals surface area contributed by atoms with Gasteiger partial charge in [-0.3, -0.25) is 9.59 Å². The number of Topliss-reactive ketones (excluding diaryl/α,β-unsaturated/α-hetero) is 2. The van der Waals surface area contributed by atoms with Gasteiger partial charge in [-0.15, -0.1) is 0 Å². The summed E-state index contributed by atoms with van der Waals surface area (Å²) in [5, 5.41) is 6.88. The summed E-state index contributed by atoms with van der Waals surface area (Å²) in [6.07, 6.45) is 0. The van der Waals surface area contributed by atoms with Gasteiger partial charge >= 0.3 is 0 Å². The highest BCUT2D eigenvalue weighted by Gasteiger charge is 2.70. The van der Waals surface area contributed by atoms with Crippen LogP contribution in [0.25, 0.3) is 87.8 Å². The summed E-state index contributed by atoms with van der Waals surface area (Å²) in [4.78, 5) is 31.3. The Balaban J connectivity index is 0.942. The Morgan fingerprint density at radius 3 is 1.10 bits per heavy atom. The van der Waals surface area contributed by atoms with Crippen molar-refractivity contribution >= 4 is 71.5 Å². The number of benzene rings is 11. The fourth-order valence-corrected chi connectivity index (χ4v) is 17.6. The van der Waals surface area contributed by atoms with Crippen LogP contribution in [0, 0.1) is 0 Å². The number of rotatable bonds is 3. The van der Waals surface area contributed by atoms with Crippen LogP contribution in [0.3, 0.4) is 0 Å². The minimum Gasteiger partial charge on any atom is -0.308 e. The molecule has 11 aromatic carbocycles. The normalized spacial score (nSPS) is 22.3. The predicted octanol–water partition coefficient (Wildman–Crippen LogP) is 16.7. The lowest BCUT2D eigenvalue weighted by Crippen LogP contribution is -2.61. The summed E-state index contributed by atoms with van der Waals surface area (Å²) < 4.78 is 4.98. The first-order valence-corrected chi connectivity index (χ1v) is 27.5. The second kappa shape index (κ2) is 13.5. The summed E-state index contributed by atoms with van der Waals surface area (Å²) >= 11 is 0. The van der Waals surface area contributed by atoms with Crippen LogP contribution in [-0.4, -0.2) is 20.5 Å². The highest BCUT2D eigenvalue weighted by molar-refractivity contribution is 6.27. The van der Waals surface area contributed by atoms with E-state index in [2.05, 4.69) is 239 Å². The van der Waals surface area contributed by atoms with E-state index < -0.39 is 0 Å². The van der Waals surface area contributed by atoms with Gasteiger partial charge in [0.15, 0.2) is 11.6 Å². The van der Waals surface area contributed by atoms with Crippen LogP contribution in [0.2, 0.25) is 0 Å². The van der Waals surface area contributed by atoms with Crippen molar-refractivity contribution in [2.75, 3.05) is 0 Å². The first kappa shape index (κ1) is 40.6. The molecule has 0 radical (unpaired) electrons. The molecule has 0 saturated heterocycles. The average Bonchev–Trinajstić information content (AvgIpc) is 1.77. The Bertz CT molecular complexity index is 4860. The van der Waals surface area contributed by atoms with Crippen LogP contribution in [0.1, 0.15) is 100 Å². The number of carbonyl (C=O) groups excluding carboxylic acids is 2. The molecule has 4 heteroatoms. The molecule has 2 spiro atoms. The standard InChI is InChI=1S/C74H42N2O2/c77-71-56-37-62-50(35-52(56)64-46-21-7-11-29-58(46)73(64)60-31-13-9-23-48(60)66(71)73)54-33-41(75-68-42(39-17-3-1-4-18-39)25-15-27-44(68)45-28-16-26-43(69(45)75)40-19-5-2-6-20-40)34-55-51-36-53-57(38-63(51)76(62)70(54)55)72(78)67-49-24-10-14-32-61(49)74(67)59-30-12-8-22-47(59)65(53)74/h1-38,64-67H. The lowest BCUT2D eigenvalue weighted by molar-refractivity contribution is 0.0839. The fraction of sp³-hybridized carbons (Fsp3) is 0.0811. The third-order valence-corrected chi connectivity index (χ3v) is 20.3. The molecule has 360 valence electrons. The molecule has 20 rings (SSSR count). The van der Waals surface area contributed by atoms with Gasteiger partial charge in [0, 0.05) is 82.9 Å². The molecule has 6 unspecified atom stereocenters. The molecule has 0 saturated carbocycles. The third-order valence-electron chi connectivity index (χ3n) is 20.3. The number of para-hydroxylation sites is 2. The number of carbonyl (C=O) groups is 2. The topological polar surface area (TPSA) is 43.5 Å². The van der Waals surface area contributed by atoms with E-state index in [1.165, 1.54) is 44.2 Å². The van der Waals surface area contributed by atoms with E-state index in [1.54, 1.807) is 0 Å². The molecular weight excluding hydrogens is 949 g/mol. The molecule has 6 aliphatic rings. The van der Waals surface area contributed by atoms with Crippen molar-refractivity contribution in [3.63, 3.8) is 0 Å². The number of nitrogens with zero attached hydrogens (tertiary/aromatic N) is 2. The maximum absolute atomic E-state index is 15.6. The van der Waals surface area contributed by atoms with Crippen molar-refractivity contribution in [2.45, 2.75) is 34.5 Å². The average molecular weight is 991 g/mol. The molecule has 0 aliphatic heterocycles. The SMILES string of the molecule is O=C1c2cc3c(cc2C2c4ccccc4C24c2ccccc2C14)c1cc(-n2c4c(-c5ccccc5)cccc4c4cccc(-c5ccccc5)c42)cc2c4cc5c(cc4n3c12)C(=O)C1c2ccccc2C12c1ccccc1C52. The Morgan fingerprint density at radius 1 is 0.295 bits per heavy atom. The van der Waals surface area contributed by atoms with E-state index in [0.717, 1.165) is 110 Å². The largest absolute Gasteiger partial charge is 0.308 e. The van der Waals surface area contributed by atoms with Gasteiger partial charge in [0.2, 0.25) is 0 Å². The zero-order chi connectivity index (χ0) is 50.7. The van der Waals surface area contributed by atoms with Gasteiger partial charge < -0.3 is 8.97 Å². The highest BCUT2D eigenvalue weighted by atomic mass is 16.1. The van der Waals surface area contributed by atoms with E-state index in [0.29, 0.717) is 0 Å². The van der Waals surface area contributed by atoms with Crippen molar-refractivity contribution < 1.29 is 9.59 Å². The summed E-state index contributed by atoms with van der Waals surface area (Å²) in [7, 11) is 0. The molecule has 6 aliphatic carbocycles. The molecule has 3 aromatic heterocycles. The number of fused-ring (bicyclic) bond motifs is 21. The van der Waals surface area contributed by atoms with Crippen LogP contribution in [0.15, 0.2) is 231 Å². The molecule has 0 amide bonds. The maximum Gasteiger partial charge on any atom is 0.171 e. The number of aromatic nitrogens is 2. The molecule has 3 heterocycles. The Labute approximate surface area is 447 Å². The van der Waals surface area contributed by atoms with Crippen LogP contribution in [0.5, 0.6) is 0 Å². The lowest BCUT2D eigenvalue weighted by Gasteiger charge is -2.64. The first-order valence-electron chi connectivity index (χ1n) is 27.5. The van der Waals surface area contributed by atoms with Gasteiger partial charge in [-0.05, 0) is 103 Å². The molecule has 14 aromatic rings. The maximum atomic E-state index is 15.6. The monoisotopic (exact) mass is 990 g/mol. The minimum absolute atomic E-state index is 0.0433. The first-order chi connectivity index (χ1) is 38.6. The molecule has 4 nitrogen and oxygen atoms in total. The second-order valence-electron chi connectivity index (χ2n) is 23.2. The lowest BCUT2D eigenvalue weighted by atomic mass is 9.36. The minimum atomic E-state index is -0.386. The second-order valence-corrected chi connectivity index (χ2v) is 23.2. The van der Waals surface area contributed by atoms with Crippen LogP contribution in [-0.2, 0) is 10.8 Å². The zero-order valence-corrected chi connectivity index (χ0v) is 42.0. The fourth-order valence-electron chi connectivity index (χ4n) is 17.6. The van der Waals surface area contributed by atoms with Crippen molar-refractivity contribution in [1.29, 1.82) is 0 Å². The molecule has 78 heavy (non-hydrogen) atoms. The molecule has 0 N–H and O–H groups in total. The van der Waals surface area contributed by atoms with Crippen molar-refractivity contribution in [2.24, 2.45) is 0 Å². The summed E-state index contributed by atoms with van der Waals surface area (Å²) in [6.45, 7) is 0. The van der Waals surface area contributed by atoms with Gasteiger partial charge in [-0.25, -0.2) is 0 Å². The highest BCUT2D eigenvalue weighted by Crippen LogP contribution is 2.75. The zero-order valence-electron chi connectivity index (χ0n) is 42.0. The Morgan fingerprint density at radius 2 is 0.679 bits per heavy atom. The number of hydrogen-bond acceptors (Lipinski definition) is 2. The van der Waals surface area contributed by atoms with E-state index in [-0.39, 0.29) is 46.1 Å². The van der Waals surface area contributed by atoms with E-state index in [9.17, 15) is 0 Å². The molecule has 6 atom stereocenters. The smallest absolute Gasteiger partial charge is 0.171 e. The summed E-state index contributed by atoms with van der Waals surface area (Å²) in [5.41, 5.74) is 24.3. The van der Waals surface area contributed by atoms with E-state index in [1.807, 2.05) is 0 Å². The quantitative estimate of drug-likeness (QED) is 0.177. The Hall–Kier alpha value is -9.64. The van der Waals surface area contributed by atoms with Crippen molar-refractivity contribution in [3.05, 3.63) is 297 Å². The van der Waals surface area contributed by atoms with Gasteiger partial charge in [0.05, 0.1) is 39.4 Å². The molecule has 0 fully saturated rings. The summed E-state index contributed by atoms with van der Waals surface area (Å²) in [6, 6.07) is 84.4. The van der Waals surface area contributed by atoms with E-state index >= 15 is 9.59 Å². The number of ketones is 2. The van der Waals surface area contributed by atoms with Crippen LogP contribution in [0.4, 0.5) is 0 Å². The summed E-state index contributed by atoms with van der Waals surface area (Å²) in [5.74, 6) is -0.00694. The third kappa shape index (κ3) is 4.25.